The Labute approximate surface area is 132 Å². The first-order valence-electron chi connectivity index (χ1n) is 6.91. The Balaban J connectivity index is 2.13. The number of halogens is 1. The van der Waals surface area contributed by atoms with Gasteiger partial charge in [-0.3, -0.25) is 4.40 Å². The van der Waals surface area contributed by atoms with E-state index in [-0.39, 0.29) is 5.41 Å². The predicted molar refractivity (Wildman–Crippen MR) is 91.4 cm³/mol. The predicted octanol–water partition coefficient (Wildman–Crippen LogP) is 4.64. The lowest BCUT2D eigenvalue weighted by molar-refractivity contribution is 0.590. The lowest BCUT2D eigenvalue weighted by Gasteiger charge is -2.18. The summed E-state index contributed by atoms with van der Waals surface area (Å²) in [6, 6.07) is 12.4. The molecule has 0 radical (unpaired) electrons. The zero-order valence-corrected chi connectivity index (χ0v) is 14.0. The molecule has 0 unspecified atom stereocenters. The largest absolute Gasteiger partial charge is 0.383 e. The van der Waals surface area contributed by atoms with Gasteiger partial charge in [0.25, 0.3) is 0 Å². The van der Waals surface area contributed by atoms with Crippen molar-refractivity contribution in [2.24, 2.45) is 0 Å². The second-order valence-electron chi connectivity index (χ2n) is 6.22. The van der Waals surface area contributed by atoms with Crippen molar-refractivity contribution in [3.05, 3.63) is 52.6 Å². The fourth-order valence-corrected chi connectivity index (χ4v) is 2.83. The minimum Gasteiger partial charge on any atom is -0.383 e. The quantitative estimate of drug-likeness (QED) is 0.699. The lowest BCUT2D eigenvalue weighted by Crippen LogP contribution is -2.10. The minimum atomic E-state index is 0.145. The Morgan fingerprint density at radius 3 is 2.33 bits per heavy atom. The van der Waals surface area contributed by atoms with Gasteiger partial charge in [0.05, 0.1) is 4.47 Å². The number of imidazole rings is 1. The van der Waals surface area contributed by atoms with Crippen LogP contribution in [0.5, 0.6) is 0 Å². The van der Waals surface area contributed by atoms with Crippen molar-refractivity contribution < 1.29 is 0 Å². The number of pyridine rings is 1. The van der Waals surface area contributed by atoms with Crippen LogP contribution in [-0.2, 0) is 5.41 Å². The number of nitrogens with two attached hydrogens (primary N) is 1. The molecule has 0 bridgehead atoms. The van der Waals surface area contributed by atoms with Crippen molar-refractivity contribution in [1.29, 1.82) is 0 Å². The average molecular weight is 344 g/mol. The van der Waals surface area contributed by atoms with E-state index in [1.54, 1.807) is 0 Å². The molecule has 0 amide bonds. The molecule has 2 aromatic heterocycles. The van der Waals surface area contributed by atoms with E-state index < -0.39 is 0 Å². The number of fused-ring (bicyclic) bond motifs is 1. The molecule has 3 nitrogen and oxygen atoms in total. The average Bonchev–Trinajstić information content (AvgIpc) is 2.77. The minimum absolute atomic E-state index is 0.145. The first-order chi connectivity index (χ1) is 9.88. The normalized spacial score (nSPS) is 12.0. The van der Waals surface area contributed by atoms with Crippen LogP contribution in [0.1, 0.15) is 26.3 Å². The van der Waals surface area contributed by atoms with Gasteiger partial charge in [0.1, 0.15) is 11.5 Å². The third-order valence-corrected chi connectivity index (χ3v) is 4.28. The summed E-state index contributed by atoms with van der Waals surface area (Å²) in [6.45, 7) is 6.62. The van der Waals surface area contributed by atoms with E-state index in [1.165, 1.54) is 5.56 Å². The third kappa shape index (κ3) is 2.44. The fourth-order valence-electron chi connectivity index (χ4n) is 2.39. The molecule has 0 aliphatic heterocycles. The van der Waals surface area contributed by atoms with Crippen LogP contribution in [-0.4, -0.2) is 9.38 Å². The van der Waals surface area contributed by atoms with Crippen molar-refractivity contribution in [3.63, 3.8) is 0 Å². The molecule has 2 N–H and O–H groups in total. The second kappa shape index (κ2) is 4.88. The molecule has 0 aliphatic rings. The van der Waals surface area contributed by atoms with Crippen LogP contribution in [0.2, 0.25) is 0 Å². The topological polar surface area (TPSA) is 43.3 Å². The highest BCUT2D eigenvalue weighted by molar-refractivity contribution is 9.10. The van der Waals surface area contributed by atoms with E-state index in [2.05, 4.69) is 66.0 Å². The maximum Gasteiger partial charge on any atom is 0.153 e. The fraction of sp³-hybridized carbons (Fsp3) is 0.235. The summed E-state index contributed by atoms with van der Waals surface area (Å²) < 4.78 is 2.84. The van der Waals surface area contributed by atoms with Crippen molar-refractivity contribution in [3.8, 4) is 11.3 Å². The first-order valence-corrected chi connectivity index (χ1v) is 7.70. The van der Waals surface area contributed by atoms with Crippen LogP contribution in [0, 0.1) is 0 Å². The van der Waals surface area contributed by atoms with Crippen molar-refractivity contribution in [2.75, 3.05) is 5.73 Å². The van der Waals surface area contributed by atoms with E-state index in [0.29, 0.717) is 5.82 Å². The summed E-state index contributed by atoms with van der Waals surface area (Å²) in [7, 11) is 0. The van der Waals surface area contributed by atoms with E-state index >= 15 is 0 Å². The van der Waals surface area contributed by atoms with Crippen molar-refractivity contribution >= 4 is 27.4 Å². The van der Waals surface area contributed by atoms with Gasteiger partial charge in [-0.25, -0.2) is 4.98 Å². The molecule has 0 saturated carbocycles. The summed E-state index contributed by atoms with van der Waals surface area (Å²) in [6.07, 6.45) is 1.93. The molecule has 0 atom stereocenters. The molecule has 3 aromatic rings. The lowest BCUT2D eigenvalue weighted by atomic mass is 9.86. The van der Waals surface area contributed by atoms with E-state index in [9.17, 15) is 0 Å². The number of anilines is 1. The third-order valence-electron chi connectivity index (χ3n) is 3.66. The Kier molecular flexibility index (Phi) is 3.29. The monoisotopic (exact) mass is 343 g/mol. The molecule has 21 heavy (non-hydrogen) atoms. The van der Waals surface area contributed by atoms with Gasteiger partial charge in [0.2, 0.25) is 0 Å². The number of hydrogen-bond donors (Lipinski definition) is 1. The van der Waals surface area contributed by atoms with Gasteiger partial charge in [-0.15, -0.1) is 0 Å². The Bertz CT molecular complexity index is 795. The molecule has 0 spiro atoms. The highest BCUT2D eigenvalue weighted by Gasteiger charge is 2.16. The molecule has 0 fully saturated rings. The zero-order valence-electron chi connectivity index (χ0n) is 12.4. The zero-order chi connectivity index (χ0) is 15.2. The van der Waals surface area contributed by atoms with Crippen LogP contribution in [0.25, 0.3) is 16.9 Å². The number of hydrogen-bond acceptors (Lipinski definition) is 2. The number of rotatable bonds is 1. The highest BCUT2D eigenvalue weighted by Crippen LogP contribution is 2.31. The second-order valence-corrected chi connectivity index (χ2v) is 7.08. The van der Waals surface area contributed by atoms with E-state index in [4.69, 9.17) is 5.73 Å². The van der Waals surface area contributed by atoms with E-state index in [0.717, 1.165) is 21.4 Å². The molecule has 4 heteroatoms. The van der Waals surface area contributed by atoms with Crippen LogP contribution in [0.15, 0.2) is 47.1 Å². The van der Waals surface area contributed by atoms with Crippen molar-refractivity contribution in [1.82, 2.24) is 9.38 Å². The van der Waals surface area contributed by atoms with Crippen molar-refractivity contribution in [2.45, 2.75) is 26.2 Å². The maximum absolute atomic E-state index is 6.24. The summed E-state index contributed by atoms with van der Waals surface area (Å²) >= 11 is 3.52. The van der Waals surface area contributed by atoms with Gasteiger partial charge in [0.15, 0.2) is 5.65 Å². The van der Waals surface area contributed by atoms with Crippen LogP contribution < -0.4 is 5.73 Å². The molecule has 2 heterocycles. The van der Waals surface area contributed by atoms with Crippen LogP contribution in [0.4, 0.5) is 5.82 Å². The van der Waals surface area contributed by atoms with Gasteiger partial charge in [-0.05, 0) is 39.0 Å². The summed E-state index contributed by atoms with van der Waals surface area (Å²) in [5, 5.41) is 0. The molecular weight excluding hydrogens is 326 g/mol. The van der Waals surface area contributed by atoms with Gasteiger partial charge >= 0.3 is 0 Å². The molecule has 1 aromatic carbocycles. The molecule has 0 aliphatic carbocycles. The van der Waals surface area contributed by atoms with Gasteiger partial charge < -0.3 is 5.73 Å². The Morgan fingerprint density at radius 2 is 1.76 bits per heavy atom. The molecule has 3 rings (SSSR count). The van der Waals surface area contributed by atoms with Gasteiger partial charge in [-0.2, -0.15) is 0 Å². The number of nitrogen functional groups attached to an aromatic ring is 1. The summed E-state index contributed by atoms with van der Waals surface area (Å²) in [5.74, 6) is 0.662. The Hall–Kier alpha value is -1.81. The Morgan fingerprint density at radius 1 is 1.10 bits per heavy atom. The summed E-state index contributed by atoms with van der Waals surface area (Å²) in [5.41, 5.74) is 10.4. The van der Waals surface area contributed by atoms with E-state index in [1.807, 2.05) is 22.7 Å². The smallest absolute Gasteiger partial charge is 0.153 e. The van der Waals surface area contributed by atoms with Crippen LogP contribution >= 0.6 is 15.9 Å². The highest BCUT2D eigenvalue weighted by atomic mass is 79.9. The summed E-state index contributed by atoms with van der Waals surface area (Å²) in [4.78, 5) is 4.66. The van der Waals surface area contributed by atoms with Crippen LogP contribution in [0.3, 0.4) is 0 Å². The van der Waals surface area contributed by atoms with Gasteiger partial charge in [-0.1, -0.05) is 45.0 Å². The molecule has 108 valence electrons. The standard InChI is InChI=1S/C17H18BrN3/c1-17(2,3)12-8-6-11(7-9-12)14-15(19)21-10-4-5-13(18)16(21)20-14/h4-10H,19H2,1-3H3. The number of nitrogens with zero attached hydrogens (tertiary/aromatic N) is 2. The molecular formula is C17H18BrN3. The number of benzene rings is 1. The molecule has 0 saturated heterocycles. The first kappa shape index (κ1) is 14.1. The maximum atomic E-state index is 6.24. The number of aromatic nitrogens is 2. The SMILES string of the molecule is CC(C)(C)c1ccc(-c2nc3c(Br)cccn3c2N)cc1. The van der Waals surface area contributed by atoms with Gasteiger partial charge in [0, 0.05) is 11.8 Å².